The number of nitrogens with two attached hydrogens (primary N) is 1. The molecule has 0 aliphatic rings. The number of carbonyl (C=O) groups is 2. The summed E-state index contributed by atoms with van der Waals surface area (Å²) in [6.45, 7) is 3.75. The molecule has 0 spiro atoms. The van der Waals surface area contributed by atoms with Crippen molar-refractivity contribution in [2.24, 2.45) is 5.73 Å². The van der Waals surface area contributed by atoms with Crippen LogP contribution in [0.1, 0.15) is 39.5 Å². The second kappa shape index (κ2) is 7.23. The van der Waals surface area contributed by atoms with Crippen molar-refractivity contribution < 1.29 is 14.7 Å². The number of unbranched alkanes of at least 4 members (excludes halogenated alkanes) is 1. The summed E-state index contributed by atoms with van der Waals surface area (Å²) >= 11 is 0. The second-order valence-electron chi connectivity index (χ2n) is 3.56. The monoisotopic (exact) mass is 216 g/mol. The Balaban J connectivity index is 4.16. The molecule has 0 rings (SSSR count). The first-order valence-corrected chi connectivity index (χ1v) is 5.31. The predicted molar refractivity (Wildman–Crippen MR) is 57.4 cm³/mol. The first-order chi connectivity index (χ1) is 7.02. The van der Waals surface area contributed by atoms with Crippen LogP contribution in [0.5, 0.6) is 0 Å². The van der Waals surface area contributed by atoms with Gasteiger partial charge in [-0.05, 0) is 12.8 Å². The van der Waals surface area contributed by atoms with Gasteiger partial charge in [0.1, 0.15) is 6.04 Å². The van der Waals surface area contributed by atoms with E-state index >= 15 is 0 Å². The van der Waals surface area contributed by atoms with Gasteiger partial charge in [-0.2, -0.15) is 0 Å². The molecular formula is C10H20N2O3. The van der Waals surface area contributed by atoms with Crippen LogP contribution >= 0.6 is 0 Å². The molecule has 0 saturated carbocycles. The van der Waals surface area contributed by atoms with Crippen molar-refractivity contribution in [3.05, 3.63) is 0 Å². The lowest BCUT2D eigenvalue weighted by molar-refractivity contribution is -0.142. The van der Waals surface area contributed by atoms with E-state index in [0.717, 1.165) is 12.8 Å². The molecule has 0 aliphatic heterocycles. The van der Waals surface area contributed by atoms with Crippen LogP contribution in [0.2, 0.25) is 0 Å². The molecule has 0 aromatic heterocycles. The summed E-state index contributed by atoms with van der Waals surface area (Å²) < 4.78 is 0. The molecule has 0 radical (unpaired) electrons. The normalized spacial score (nSPS) is 14.3. The summed E-state index contributed by atoms with van der Waals surface area (Å²) in [7, 11) is 0. The van der Waals surface area contributed by atoms with E-state index in [0.29, 0.717) is 12.8 Å². The van der Waals surface area contributed by atoms with Crippen molar-refractivity contribution in [3.8, 4) is 0 Å². The summed E-state index contributed by atoms with van der Waals surface area (Å²) in [5.74, 6) is -1.39. The minimum absolute atomic E-state index is 0.388. The third kappa shape index (κ3) is 5.37. The molecule has 4 N–H and O–H groups in total. The first kappa shape index (κ1) is 13.9. The van der Waals surface area contributed by atoms with Gasteiger partial charge in [0, 0.05) is 0 Å². The van der Waals surface area contributed by atoms with E-state index in [2.05, 4.69) is 5.32 Å². The van der Waals surface area contributed by atoms with Gasteiger partial charge in [-0.1, -0.05) is 26.7 Å². The summed E-state index contributed by atoms with van der Waals surface area (Å²) in [6, 6.07) is -1.43. The number of hydrogen-bond acceptors (Lipinski definition) is 3. The fourth-order valence-corrected chi connectivity index (χ4v) is 1.13. The third-order valence-electron chi connectivity index (χ3n) is 2.24. The van der Waals surface area contributed by atoms with Crippen LogP contribution in [-0.4, -0.2) is 29.1 Å². The summed E-state index contributed by atoms with van der Waals surface area (Å²) in [4.78, 5) is 22.1. The van der Waals surface area contributed by atoms with Gasteiger partial charge < -0.3 is 16.2 Å². The zero-order valence-electron chi connectivity index (χ0n) is 9.32. The van der Waals surface area contributed by atoms with Gasteiger partial charge in [-0.25, -0.2) is 4.79 Å². The van der Waals surface area contributed by atoms with Crippen LogP contribution in [-0.2, 0) is 9.59 Å². The molecule has 1 amide bonds. The highest BCUT2D eigenvalue weighted by Gasteiger charge is 2.21. The maximum atomic E-state index is 11.4. The van der Waals surface area contributed by atoms with E-state index in [1.165, 1.54) is 0 Å². The zero-order valence-corrected chi connectivity index (χ0v) is 9.32. The van der Waals surface area contributed by atoms with Gasteiger partial charge in [0.05, 0.1) is 6.04 Å². The molecule has 0 fully saturated rings. The lowest BCUT2D eigenvalue weighted by Crippen LogP contribution is -2.48. The molecule has 0 aromatic carbocycles. The SMILES string of the molecule is CCCCC(NC(=O)[C@H](N)CC)C(=O)O. The smallest absolute Gasteiger partial charge is 0.326 e. The van der Waals surface area contributed by atoms with Crippen molar-refractivity contribution in [2.75, 3.05) is 0 Å². The van der Waals surface area contributed by atoms with Crippen molar-refractivity contribution >= 4 is 11.9 Å². The second-order valence-corrected chi connectivity index (χ2v) is 3.56. The van der Waals surface area contributed by atoms with Gasteiger partial charge in [0.15, 0.2) is 0 Å². The van der Waals surface area contributed by atoms with Gasteiger partial charge in [-0.15, -0.1) is 0 Å². The maximum absolute atomic E-state index is 11.4. The molecule has 0 aliphatic carbocycles. The average molecular weight is 216 g/mol. The molecule has 5 nitrogen and oxygen atoms in total. The number of rotatable bonds is 7. The van der Waals surface area contributed by atoms with Crippen LogP contribution in [0.3, 0.4) is 0 Å². The largest absolute Gasteiger partial charge is 0.480 e. The zero-order chi connectivity index (χ0) is 11.8. The van der Waals surface area contributed by atoms with E-state index in [1.54, 1.807) is 6.92 Å². The number of nitrogens with one attached hydrogen (secondary N) is 1. The van der Waals surface area contributed by atoms with Crippen molar-refractivity contribution in [2.45, 2.75) is 51.6 Å². The van der Waals surface area contributed by atoms with Gasteiger partial charge in [0.2, 0.25) is 5.91 Å². The molecule has 1 unspecified atom stereocenters. The number of carbonyl (C=O) groups excluding carboxylic acids is 1. The lowest BCUT2D eigenvalue weighted by atomic mass is 10.1. The quantitative estimate of drug-likeness (QED) is 0.577. The van der Waals surface area contributed by atoms with E-state index in [1.807, 2.05) is 6.92 Å². The van der Waals surface area contributed by atoms with Crippen LogP contribution < -0.4 is 11.1 Å². The standard InChI is InChI=1S/C10H20N2O3/c1-3-5-6-8(10(14)15)12-9(13)7(11)4-2/h7-8H,3-6,11H2,1-2H3,(H,12,13)(H,14,15)/t7-,8?/m1/s1. The molecule has 0 bridgehead atoms. The Labute approximate surface area is 90.0 Å². The molecule has 0 heterocycles. The molecule has 5 heteroatoms. The minimum atomic E-state index is -1.000. The molecule has 15 heavy (non-hydrogen) atoms. The Morgan fingerprint density at radius 3 is 2.40 bits per heavy atom. The van der Waals surface area contributed by atoms with Gasteiger partial charge in [-0.3, -0.25) is 4.79 Å². The topological polar surface area (TPSA) is 92.4 Å². The Kier molecular flexibility index (Phi) is 6.70. The van der Waals surface area contributed by atoms with Crippen molar-refractivity contribution in [1.82, 2.24) is 5.32 Å². The Hall–Kier alpha value is -1.10. The van der Waals surface area contributed by atoms with Gasteiger partial charge in [0.25, 0.3) is 0 Å². The number of carboxylic acids is 1. The van der Waals surface area contributed by atoms with Crippen LogP contribution in [0.15, 0.2) is 0 Å². The maximum Gasteiger partial charge on any atom is 0.326 e. The van der Waals surface area contributed by atoms with Crippen LogP contribution in [0.4, 0.5) is 0 Å². The number of hydrogen-bond donors (Lipinski definition) is 3. The molecule has 2 atom stereocenters. The van der Waals surface area contributed by atoms with Gasteiger partial charge >= 0.3 is 5.97 Å². The van der Waals surface area contributed by atoms with Crippen molar-refractivity contribution in [1.29, 1.82) is 0 Å². The van der Waals surface area contributed by atoms with E-state index in [9.17, 15) is 9.59 Å². The molecule has 0 aromatic rings. The highest BCUT2D eigenvalue weighted by atomic mass is 16.4. The molecule has 0 saturated heterocycles. The number of carboxylic acid groups (broad SMARTS) is 1. The third-order valence-corrected chi connectivity index (χ3v) is 2.24. The number of aliphatic carboxylic acids is 1. The molecular weight excluding hydrogens is 196 g/mol. The number of amides is 1. The Morgan fingerprint density at radius 1 is 1.40 bits per heavy atom. The van der Waals surface area contributed by atoms with E-state index < -0.39 is 18.1 Å². The van der Waals surface area contributed by atoms with E-state index in [-0.39, 0.29) is 5.91 Å². The molecule has 88 valence electrons. The Bertz CT molecular complexity index is 219. The van der Waals surface area contributed by atoms with Crippen molar-refractivity contribution in [3.63, 3.8) is 0 Å². The summed E-state index contributed by atoms with van der Waals surface area (Å²) in [5.41, 5.74) is 5.49. The summed E-state index contributed by atoms with van der Waals surface area (Å²) in [5, 5.41) is 11.3. The first-order valence-electron chi connectivity index (χ1n) is 5.31. The van der Waals surface area contributed by atoms with Crippen LogP contribution in [0, 0.1) is 0 Å². The van der Waals surface area contributed by atoms with Crippen LogP contribution in [0.25, 0.3) is 0 Å². The Morgan fingerprint density at radius 2 is 2.00 bits per heavy atom. The fraction of sp³-hybridized carbons (Fsp3) is 0.800. The highest BCUT2D eigenvalue weighted by Crippen LogP contribution is 2.01. The lowest BCUT2D eigenvalue weighted by Gasteiger charge is -2.16. The van der Waals surface area contributed by atoms with E-state index in [4.69, 9.17) is 10.8 Å². The minimum Gasteiger partial charge on any atom is -0.480 e. The predicted octanol–water partition coefficient (Wildman–Crippen LogP) is 0.483. The highest BCUT2D eigenvalue weighted by molar-refractivity contribution is 5.86. The summed E-state index contributed by atoms with van der Waals surface area (Å²) in [6.07, 6.45) is 2.64. The fourth-order valence-electron chi connectivity index (χ4n) is 1.13. The average Bonchev–Trinajstić information content (AvgIpc) is 2.22.